The van der Waals surface area contributed by atoms with Gasteiger partial charge >= 0.3 is 0 Å². The Morgan fingerprint density at radius 3 is 2.75 bits per heavy atom. The summed E-state index contributed by atoms with van der Waals surface area (Å²) in [5.74, 6) is 0. The summed E-state index contributed by atoms with van der Waals surface area (Å²) in [5, 5.41) is 12.7. The number of nitrogens with zero attached hydrogens (tertiary/aromatic N) is 1. The fourth-order valence-electron chi connectivity index (χ4n) is 2.19. The molecule has 0 spiro atoms. The minimum atomic E-state index is 0.482. The number of rotatable bonds is 1. The molecule has 1 saturated heterocycles. The summed E-state index contributed by atoms with van der Waals surface area (Å²) < 4.78 is 0. The van der Waals surface area contributed by atoms with E-state index in [-0.39, 0.29) is 0 Å². The van der Waals surface area contributed by atoms with E-state index in [9.17, 15) is 5.26 Å². The van der Waals surface area contributed by atoms with Crippen molar-refractivity contribution in [1.82, 2.24) is 5.32 Å². The maximum absolute atomic E-state index is 9.29. The highest BCUT2D eigenvalue weighted by Gasteiger charge is 2.16. The summed E-state index contributed by atoms with van der Waals surface area (Å²) in [4.78, 5) is 0. The Morgan fingerprint density at radius 1 is 1.38 bits per heavy atom. The first-order valence-corrected chi connectivity index (χ1v) is 5.72. The molecule has 0 saturated carbocycles. The first kappa shape index (κ1) is 10.9. The van der Waals surface area contributed by atoms with Crippen molar-refractivity contribution >= 4 is 5.57 Å². The van der Waals surface area contributed by atoms with Crippen molar-refractivity contribution in [3.63, 3.8) is 0 Å². The number of piperidine rings is 1. The van der Waals surface area contributed by atoms with E-state index < -0.39 is 0 Å². The number of hydrogen-bond acceptors (Lipinski definition) is 2. The van der Waals surface area contributed by atoms with Gasteiger partial charge in [-0.05, 0) is 37.4 Å². The lowest BCUT2D eigenvalue weighted by molar-refractivity contribution is 0.495. The van der Waals surface area contributed by atoms with Crippen LogP contribution in [0.15, 0.2) is 35.9 Å². The first-order chi connectivity index (χ1) is 7.81. The third kappa shape index (κ3) is 2.32. The Bertz CT molecular complexity index is 426. The molecule has 1 aromatic carbocycles. The van der Waals surface area contributed by atoms with Gasteiger partial charge in [-0.15, -0.1) is 0 Å². The average molecular weight is 212 g/mol. The molecule has 0 bridgehead atoms. The molecule has 1 aliphatic rings. The van der Waals surface area contributed by atoms with E-state index in [0.717, 1.165) is 30.5 Å². The molecule has 1 atom stereocenters. The van der Waals surface area contributed by atoms with Gasteiger partial charge in [-0.25, -0.2) is 0 Å². The van der Waals surface area contributed by atoms with Gasteiger partial charge in [-0.2, -0.15) is 5.26 Å². The summed E-state index contributed by atoms with van der Waals surface area (Å²) in [6.45, 7) is 3.15. The number of nitrogens with one attached hydrogen (secondary N) is 1. The third-order valence-corrected chi connectivity index (χ3v) is 3.00. The van der Waals surface area contributed by atoms with Crippen molar-refractivity contribution < 1.29 is 0 Å². The van der Waals surface area contributed by atoms with Crippen LogP contribution in [0.1, 0.15) is 25.3 Å². The zero-order valence-corrected chi connectivity index (χ0v) is 9.53. The Morgan fingerprint density at radius 2 is 2.12 bits per heavy atom. The summed E-state index contributed by atoms with van der Waals surface area (Å²) in [6, 6.07) is 12.8. The number of allylic oxidation sites excluding steroid dienone is 1. The lowest BCUT2D eigenvalue weighted by atomic mass is 9.92. The molecular formula is C14H16N2. The predicted octanol–water partition coefficient (Wildman–Crippen LogP) is 2.74. The van der Waals surface area contributed by atoms with Crippen LogP contribution in [-0.2, 0) is 0 Å². The Hall–Kier alpha value is -1.59. The smallest absolute Gasteiger partial charge is 0.0997 e. The average Bonchev–Trinajstić information content (AvgIpc) is 2.31. The SMILES string of the molecule is CC1C/C(=C(\C#N)c2ccccc2)CCN1. The molecule has 0 amide bonds. The number of benzene rings is 1. The van der Waals surface area contributed by atoms with Gasteiger partial charge in [0, 0.05) is 6.04 Å². The van der Waals surface area contributed by atoms with Crippen LogP contribution in [0, 0.1) is 11.3 Å². The fourth-order valence-corrected chi connectivity index (χ4v) is 2.19. The molecule has 2 heteroatoms. The van der Waals surface area contributed by atoms with Gasteiger partial charge in [0.15, 0.2) is 0 Å². The second kappa shape index (κ2) is 4.96. The predicted molar refractivity (Wildman–Crippen MR) is 65.7 cm³/mol. The number of hydrogen-bond donors (Lipinski definition) is 1. The summed E-state index contributed by atoms with van der Waals surface area (Å²) in [6.07, 6.45) is 1.97. The molecule has 0 aliphatic carbocycles. The van der Waals surface area contributed by atoms with Gasteiger partial charge < -0.3 is 5.32 Å². The molecule has 1 heterocycles. The molecule has 82 valence electrons. The van der Waals surface area contributed by atoms with Crippen LogP contribution in [0.3, 0.4) is 0 Å². The van der Waals surface area contributed by atoms with Crippen LogP contribution in [0.25, 0.3) is 5.57 Å². The molecule has 2 rings (SSSR count). The van der Waals surface area contributed by atoms with Crippen LogP contribution in [0.2, 0.25) is 0 Å². The fraction of sp³-hybridized carbons (Fsp3) is 0.357. The summed E-state index contributed by atoms with van der Waals surface area (Å²) in [5.41, 5.74) is 3.21. The van der Waals surface area contributed by atoms with E-state index in [1.54, 1.807) is 0 Å². The maximum Gasteiger partial charge on any atom is 0.0997 e. The molecule has 1 N–H and O–H groups in total. The zero-order chi connectivity index (χ0) is 11.4. The van der Waals surface area contributed by atoms with Crippen molar-refractivity contribution in [1.29, 1.82) is 5.26 Å². The Kier molecular flexibility index (Phi) is 3.38. The second-order valence-electron chi connectivity index (χ2n) is 4.27. The van der Waals surface area contributed by atoms with Crippen molar-refractivity contribution in [3.05, 3.63) is 41.5 Å². The summed E-state index contributed by atoms with van der Waals surface area (Å²) in [7, 11) is 0. The molecular weight excluding hydrogens is 196 g/mol. The summed E-state index contributed by atoms with van der Waals surface area (Å²) >= 11 is 0. The lowest BCUT2D eigenvalue weighted by Crippen LogP contribution is -2.32. The van der Waals surface area contributed by atoms with Crippen molar-refractivity contribution in [2.24, 2.45) is 0 Å². The minimum absolute atomic E-state index is 0.482. The highest BCUT2D eigenvalue weighted by molar-refractivity contribution is 5.79. The van der Waals surface area contributed by atoms with Gasteiger partial charge in [0.1, 0.15) is 0 Å². The van der Waals surface area contributed by atoms with Crippen molar-refractivity contribution in [2.75, 3.05) is 6.54 Å². The lowest BCUT2D eigenvalue weighted by Gasteiger charge is -2.23. The molecule has 2 nitrogen and oxygen atoms in total. The van der Waals surface area contributed by atoms with Gasteiger partial charge in [0.25, 0.3) is 0 Å². The van der Waals surface area contributed by atoms with Crippen LogP contribution in [-0.4, -0.2) is 12.6 Å². The highest BCUT2D eigenvalue weighted by Crippen LogP contribution is 2.25. The van der Waals surface area contributed by atoms with E-state index in [2.05, 4.69) is 18.3 Å². The van der Waals surface area contributed by atoms with Crippen LogP contribution in [0.5, 0.6) is 0 Å². The van der Waals surface area contributed by atoms with Crippen LogP contribution in [0.4, 0.5) is 0 Å². The zero-order valence-electron chi connectivity index (χ0n) is 9.53. The molecule has 16 heavy (non-hydrogen) atoms. The largest absolute Gasteiger partial charge is 0.314 e. The van der Waals surface area contributed by atoms with E-state index in [0.29, 0.717) is 6.04 Å². The molecule has 0 radical (unpaired) electrons. The van der Waals surface area contributed by atoms with Gasteiger partial charge in [-0.3, -0.25) is 0 Å². The monoisotopic (exact) mass is 212 g/mol. The quantitative estimate of drug-likeness (QED) is 0.726. The number of nitriles is 1. The third-order valence-electron chi connectivity index (χ3n) is 3.00. The van der Waals surface area contributed by atoms with Crippen LogP contribution < -0.4 is 5.32 Å². The molecule has 1 fully saturated rings. The second-order valence-corrected chi connectivity index (χ2v) is 4.27. The van der Waals surface area contributed by atoms with Crippen molar-refractivity contribution in [2.45, 2.75) is 25.8 Å². The maximum atomic E-state index is 9.29. The van der Waals surface area contributed by atoms with E-state index in [1.807, 2.05) is 30.3 Å². The topological polar surface area (TPSA) is 35.8 Å². The first-order valence-electron chi connectivity index (χ1n) is 5.72. The molecule has 0 aromatic heterocycles. The van der Waals surface area contributed by atoms with E-state index in [1.165, 1.54) is 5.57 Å². The standard InChI is InChI=1S/C14H16N2/c1-11-9-13(7-8-16-11)14(10-15)12-5-3-2-4-6-12/h2-6,11,16H,7-9H2,1H3/b14-13+. The molecule has 1 aliphatic heterocycles. The van der Waals surface area contributed by atoms with Gasteiger partial charge in [0.2, 0.25) is 0 Å². The van der Waals surface area contributed by atoms with E-state index >= 15 is 0 Å². The highest BCUT2D eigenvalue weighted by atomic mass is 14.9. The molecule has 1 unspecified atom stereocenters. The van der Waals surface area contributed by atoms with Crippen molar-refractivity contribution in [3.8, 4) is 6.07 Å². The van der Waals surface area contributed by atoms with Gasteiger partial charge in [0.05, 0.1) is 11.6 Å². The Labute approximate surface area is 96.6 Å². The minimum Gasteiger partial charge on any atom is -0.314 e. The molecule has 1 aromatic rings. The Balaban J connectivity index is 2.35. The normalized spacial score (nSPS) is 23.6. The van der Waals surface area contributed by atoms with E-state index in [4.69, 9.17) is 0 Å². The van der Waals surface area contributed by atoms with Crippen LogP contribution >= 0.6 is 0 Å². The van der Waals surface area contributed by atoms with Gasteiger partial charge in [-0.1, -0.05) is 30.3 Å².